The maximum atomic E-state index is 12.5. The van der Waals surface area contributed by atoms with Crippen molar-refractivity contribution in [2.75, 3.05) is 6.54 Å². The van der Waals surface area contributed by atoms with Crippen LogP contribution in [-0.4, -0.2) is 22.3 Å². The number of hydrogen-bond donors (Lipinski definition) is 0. The van der Waals surface area contributed by atoms with Crippen LogP contribution in [0.25, 0.3) is 0 Å². The lowest BCUT2D eigenvalue weighted by Gasteiger charge is -2.20. The van der Waals surface area contributed by atoms with Crippen LogP contribution in [0.2, 0.25) is 9.36 Å². The molecule has 0 atom stereocenters. The van der Waals surface area contributed by atoms with Gasteiger partial charge in [-0.05, 0) is 18.2 Å². The zero-order valence-corrected chi connectivity index (χ0v) is 12.9. The number of thiophene rings is 1. The Hall–Kier alpha value is -1.36. The van der Waals surface area contributed by atoms with Crippen molar-refractivity contribution in [2.24, 2.45) is 0 Å². The van der Waals surface area contributed by atoms with Gasteiger partial charge in [-0.2, -0.15) is 0 Å². The van der Waals surface area contributed by atoms with Gasteiger partial charge in [-0.25, -0.2) is 0 Å². The summed E-state index contributed by atoms with van der Waals surface area (Å²) in [5.74, 6) is -0.174. The van der Waals surface area contributed by atoms with E-state index >= 15 is 0 Å². The van der Waals surface area contributed by atoms with Crippen LogP contribution in [0.3, 0.4) is 0 Å². The largest absolute Gasteiger partial charge is 0.330 e. The number of aromatic nitrogens is 1. The third-order valence-electron chi connectivity index (χ3n) is 2.61. The number of carbonyl (C=O) groups is 1. The molecule has 0 aliphatic rings. The van der Waals surface area contributed by atoms with Crippen LogP contribution in [0.4, 0.5) is 0 Å². The smallest absolute Gasteiger partial charge is 0.257 e. The molecule has 0 fully saturated rings. The summed E-state index contributed by atoms with van der Waals surface area (Å²) in [4.78, 5) is 19.1. The van der Waals surface area contributed by atoms with E-state index < -0.39 is 0 Å². The second kappa shape index (κ2) is 6.88. The number of hydrogen-bond acceptors (Lipinski definition) is 3. The SMILES string of the molecule is C=CCN(Cc1ccc(Cl)s1)C(=O)c1cnccc1Cl. The zero-order valence-electron chi connectivity index (χ0n) is 10.6. The highest BCUT2D eigenvalue weighted by Crippen LogP contribution is 2.24. The summed E-state index contributed by atoms with van der Waals surface area (Å²) in [7, 11) is 0. The molecule has 0 aliphatic carbocycles. The molecule has 0 radical (unpaired) electrons. The van der Waals surface area contributed by atoms with Gasteiger partial charge in [0, 0.05) is 23.8 Å². The van der Waals surface area contributed by atoms with Gasteiger partial charge in [0.15, 0.2) is 0 Å². The molecule has 0 saturated carbocycles. The first-order chi connectivity index (χ1) is 9.61. The standard InChI is InChI=1S/C14H12Cl2N2OS/c1-2-7-18(9-10-3-4-13(16)20-10)14(19)11-8-17-6-5-12(11)15/h2-6,8H,1,7,9H2. The van der Waals surface area contributed by atoms with Crippen molar-refractivity contribution >= 4 is 40.4 Å². The van der Waals surface area contributed by atoms with Crippen molar-refractivity contribution in [2.45, 2.75) is 6.54 Å². The van der Waals surface area contributed by atoms with E-state index in [2.05, 4.69) is 11.6 Å². The fourth-order valence-corrected chi connectivity index (χ4v) is 2.99. The summed E-state index contributed by atoms with van der Waals surface area (Å²) in [6.45, 7) is 4.58. The summed E-state index contributed by atoms with van der Waals surface area (Å²) in [5, 5.41) is 0.392. The van der Waals surface area contributed by atoms with Crippen LogP contribution in [-0.2, 0) is 6.54 Å². The van der Waals surface area contributed by atoms with Gasteiger partial charge in [0.05, 0.1) is 21.5 Å². The molecule has 20 heavy (non-hydrogen) atoms. The zero-order chi connectivity index (χ0) is 14.5. The lowest BCUT2D eigenvalue weighted by atomic mass is 10.2. The molecule has 6 heteroatoms. The van der Waals surface area contributed by atoms with Gasteiger partial charge < -0.3 is 4.90 Å². The monoisotopic (exact) mass is 326 g/mol. The number of halogens is 2. The van der Waals surface area contributed by atoms with E-state index in [9.17, 15) is 4.79 Å². The number of rotatable bonds is 5. The number of amides is 1. The first-order valence-electron chi connectivity index (χ1n) is 5.85. The van der Waals surface area contributed by atoms with E-state index in [0.29, 0.717) is 28.0 Å². The summed E-state index contributed by atoms with van der Waals surface area (Å²) in [6.07, 6.45) is 4.70. The number of carbonyl (C=O) groups excluding carboxylic acids is 1. The molecule has 1 amide bonds. The Labute approximate surface area is 131 Å². The second-order valence-corrected chi connectivity index (χ2v) is 6.24. The van der Waals surface area contributed by atoms with Gasteiger partial charge >= 0.3 is 0 Å². The lowest BCUT2D eigenvalue weighted by molar-refractivity contribution is 0.0764. The quantitative estimate of drug-likeness (QED) is 0.768. The van der Waals surface area contributed by atoms with E-state index in [1.54, 1.807) is 23.2 Å². The predicted molar refractivity (Wildman–Crippen MR) is 83.5 cm³/mol. The molecule has 0 aromatic carbocycles. The molecular weight excluding hydrogens is 315 g/mol. The van der Waals surface area contributed by atoms with Crippen LogP contribution < -0.4 is 0 Å². The van der Waals surface area contributed by atoms with Crippen LogP contribution >= 0.6 is 34.5 Å². The molecule has 0 N–H and O–H groups in total. The minimum absolute atomic E-state index is 0.174. The molecule has 3 nitrogen and oxygen atoms in total. The third-order valence-corrected chi connectivity index (χ3v) is 4.16. The highest BCUT2D eigenvalue weighted by atomic mass is 35.5. The minimum Gasteiger partial charge on any atom is -0.330 e. The van der Waals surface area contributed by atoms with Gasteiger partial charge in [0.25, 0.3) is 5.91 Å². The molecule has 0 aliphatic heterocycles. The number of pyridine rings is 1. The minimum atomic E-state index is -0.174. The molecular formula is C14H12Cl2N2OS. The lowest BCUT2D eigenvalue weighted by Crippen LogP contribution is -2.30. The van der Waals surface area contributed by atoms with Gasteiger partial charge in [-0.15, -0.1) is 17.9 Å². The van der Waals surface area contributed by atoms with Gasteiger partial charge in [0.2, 0.25) is 0 Å². The first kappa shape index (κ1) is 15.0. The average Bonchev–Trinajstić information content (AvgIpc) is 2.83. The van der Waals surface area contributed by atoms with Gasteiger partial charge in [-0.1, -0.05) is 29.3 Å². The van der Waals surface area contributed by atoms with Gasteiger partial charge in [0.1, 0.15) is 0 Å². The van der Waals surface area contributed by atoms with Crippen molar-refractivity contribution in [1.82, 2.24) is 9.88 Å². The predicted octanol–water partition coefficient (Wildman–Crippen LogP) is 4.28. The Morgan fingerprint density at radius 3 is 2.80 bits per heavy atom. The molecule has 0 saturated heterocycles. The molecule has 0 unspecified atom stereocenters. The highest BCUT2D eigenvalue weighted by Gasteiger charge is 2.18. The summed E-state index contributed by atoms with van der Waals surface area (Å²) < 4.78 is 0.699. The van der Waals surface area contributed by atoms with E-state index in [4.69, 9.17) is 23.2 Å². The molecule has 2 aromatic rings. The Kier molecular flexibility index (Phi) is 5.17. The van der Waals surface area contributed by atoms with Crippen molar-refractivity contribution < 1.29 is 4.79 Å². The van der Waals surface area contributed by atoms with Crippen molar-refractivity contribution in [3.05, 3.63) is 63.0 Å². The fourth-order valence-electron chi connectivity index (χ4n) is 1.71. The second-order valence-electron chi connectivity index (χ2n) is 4.04. The normalized spacial score (nSPS) is 10.3. The topological polar surface area (TPSA) is 33.2 Å². The van der Waals surface area contributed by atoms with Crippen LogP contribution in [0, 0.1) is 0 Å². The molecule has 0 bridgehead atoms. The number of nitrogens with zero attached hydrogens (tertiary/aromatic N) is 2. The first-order valence-corrected chi connectivity index (χ1v) is 7.43. The Balaban J connectivity index is 2.22. The van der Waals surface area contributed by atoms with Gasteiger partial charge in [-0.3, -0.25) is 9.78 Å². The maximum Gasteiger partial charge on any atom is 0.257 e. The van der Waals surface area contributed by atoms with Crippen molar-refractivity contribution in [3.8, 4) is 0 Å². The van der Waals surface area contributed by atoms with E-state index in [0.717, 1.165) is 4.88 Å². The Morgan fingerprint density at radius 2 is 2.20 bits per heavy atom. The van der Waals surface area contributed by atoms with Crippen molar-refractivity contribution in [3.63, 3.8) is 0 Å². The molecule has 0 spiro atoms. The van der Waals surface area contributed by atoms with Crippen molar-refractivity contribution in [1.29, 1.82) is 0 Å². The summed E-state index contributed by atoms with van der Waals surface area (Å²) in [5.41, 5.74) is 0.388. The average molecular weight is 327 g/mol. The van der Waals surface area contributed by atoms with E-state index in [1.807, 2.05) is 12.1 Å². The summed E-state index contributed by atoms with van der Waals surface area (Å²) in [6, 6.07) is 5.32. The third kappa shape index (κ3) is 3.60. The maximum absolute atomic E-state index is 12.5. The molecule has 2 aromatic heterocycles. The summed E-state index contributed by atoms with van der Waals surface area (Å²) >= 11 is 13.4. The van der Waals surface area contributed by atoms with Crippen LogP contribution in [0.15, 0.2) is 43.2 Å². The highest BCUT2D eigenvalue weighted by molar-refractivity contribution is 7.16. The fraction of sp³-hybridized carbons (Fsp3) is 0.143. The van der Waals surface area contributed by atoms with Crippen LogP contribution in [0.5, 0.6) is 0 Å². The van der Waals surface area contributed by atoms with E-state index in [-0.39, 0.29) is 5.91 Å². The molecule has 2 rings (SSSR count). The Morgan fingerprint density at radius 1 is 1.40 bits per heavy atom. The molecule has 2 heterocycles. The molecule has 104 valence electrons. The Bertz CT molecular complexity index is 627. The van der Waals surface area contributed by atoms with Crippen LogP contribution in [0.1, 0.15) is 15.2 Å². The van der Waals surface area contributed by atoms with E-state index in [1.165, 1.54) is 17.5 Å².